The van der Waals surface area contributed by atoms with E-state index in [4.69, 9.17) is 23.2 Å². The zero-order chi connectivity index (χ0) is 17.1. The highest BCUT2D eigenvalue weighted by Gasteiger charge is 2.12. The normalized spacial score (nSPS) is 10.6. The van der Waals surface area contributed by atoms with Gasteiger partial charge in [-0.15, -0.1) is 10.2 Å². The molecule has 3 rings (SSSR count). The van der Waals surface area contributed by atoms with E-state index in [0.717, 1.165) is 10.0 Å². The van der Waals surface area contributed by atoms with Crippen LogP contribution in [0, 0.1) is 0 Å². The maximum atomic E-state index is 12.1. The zero-order valence-corrected chi connectivity index (χ0v) is 15.2. The average molecular weight is 427 g/mol. The first-order valence-corrected chi connectivity index (χ1v) is 8.35. The lowest BCUT2D eigenvalue weighted by Crippen LogP contribution is -2.20. The Labute approximate surface area is 155 Å². The van der Waals surface area contributed by atoms with Gasteiger partial charge in [-0.2, -0.15) is 4.80 Å². The molecule has 0 aliphatic carbocycles. The van der Waals surface area contributed by atoms with Gasteiger partial charge in [0.05, 0.1) is 15.7 Å². The number of rotatable bonds is 4. The Kier molecular flexibility index (Phi) is 5.13. The summed E-state index contributed by atoms with van der Waals surface area (Å²) in [5, 5.41) is 15.3. The third-order valence-corrected chi connectivity index (χ3v) is 4.41. The van der Waals surface area contributed by atoms with E-state index in [1.807, 2.05) is 24.3 Å². The van der Waals surface area contributed by atoms with Crippen molar-refractivity contribution < 1.29 is 4.79 Å². The summed E-state index contributed by atoms with van der Waals surface area (Å²) < 4.78 is 0.955. The number of hydrogen-bond acceptors (Lipinski definition) is 4. The first kappa shape index (κ1) is 16.9. The summed E-state index contributed by atoms with van der Waals surface area (Å²) in [5.41, 5.74) is 1.24. The van der Waals surface area contributed by atoms with Crippen LogP contribution in [0.5, 0.6) is 0 Å². The Balaban J connectivity index is 1.69. The Morgan fingerprint density at radius 1 is 1.17 bits per heavy atom. The van der Waals surface area contributed by atoms with Crippen molar-refractivity contribution in [3.8, 4) is 11.4 Å². The van der Waals surface area contributed by atoms with Crippen LogP contribution in [-0.2, 0) is 11.3 Å². The van der Waals surface area contributed by atoms with Crippen LogP contribution in [0.2, 0.25) is 10.0 Å². The summed E-state index contributed by atoms with van der Waals surface area (Å²) >= 11 is 15.3. The topological polar surface area (TPSA) is 72.7 Å². The van der Waals surface area contributed by atoms with Gasteiger partial charge in [0.1, 0.15) is 6.54 Å². The molecule has 6 nitrogen and oxygen atoms in total. The highest BCUT2D eigenvalue weighted by molar-refractivity contribution is 9.10. The lowest BCUT2D eigenvalue weighted by Gasteiger charge is -2.07. The lowest BCUT2D eigenvalue weighted by molar-refractivity contribution is -0.117. The maximum Gasteiger partial charge on any atom is 0.248 e. The number of anilines is 1. The molecular formula is C15H10BrCl2N5O. The van der Waals surface area contributed by atoms with E-state index < -0.39 is 0 Å². The molecule has 3 aromatic rings. The Hall–Kier alpha value is -1.96. The average Bonchev–Trinajstić information content (AvgIpc) is 3.01. The van der Waals surface area contributed by atoms with Gasteiger partial charge in [0.25, 0.3) is 0 Å². The summed E-state index contributed by atoms with van der Waals surface area (Å²) in [4.78, 5) is 13.3. The van der Waals surface area contributed by atoms with E-state index in [1.54, 1.807) is 18.2 Å². The largest absolute Gasteiger partial charge is 0.323 e. The quantitative estimate of drug-likeness (QED) is 0.682. The van der Waals surface area contributed by atoms with Crippen molar-refractivity contribution in [2.45, 2.75) is 6.54 Å². The molecule has 0 saturated heterocycles. The molecule has 0 spiro atoms. The minimum Gasteiger partial charge on any atom is -0.323 e. The second kappa shape index (κ2) is 7.29. The van der Waals surface area contributed by atoms with Crippen LogP contribution in [0.4, 0.5) is 5.69 Å². The number of amides is 1. The number of halogens is 3. The van der Waals surface area contributed by atoms with Crippen LogP contribution in [0.3, 0.4) is 0 Å². The van der Waals surface area contributed by atoms with Crippen LogP contribution in [0.25, 0.3) is 11.4 Å². The van der Waals surface area contributed by atoms with Crippen LogP contribution < -0.4 is 5.32 Å². The summed E-state index contributed by atoms with van der Waals surface area (Å²) in [6, 6.07) is 12.5. The number of aromatic nitrogens is 4. The fourth-order valence-electron chi connectivity index (χ4n) is 1.94. The fourth-order valence-corrected chi connectivity index (χ4v) is 2.56. The first-order chi connectivity index (χ1) is 11.5. The van der Waals surface area contributed by atoms with Crippen LogP contribution in [0.1, 0.15) is 0 Å². The van der Waals surface area contributed by atoms with Crippen LogP contribution in [0.15, 0.2) is 46.9 Å². The molecule has 0 bridgehead atoms. The van der Waals surface area contributed by atoms with E-state index in [-0.39, 0.29) is 17.5 Å². The van der Waals surface area contributed by atoms with Crippen molar-refractivity contribution in [1.82, 2.24) is 20.2 Å². The third kappa shape index (κ3) is 3.92. The first-order valence-electron chi connectivity index (χ1n) is 6.80. The molecule has 0 fully saturated rings. The molecule has 1 amide bonds. The molecule has 0 atom stereocenters. The molecule has 0 aliphatic heterocycles. The number of benzene rings is 2. The van der Waals surface area contributed by atoms with E-state index in [2.05, 4.69) is 36.7 Å². The summed E-state index contributed by atoms with van der Waals surface area (Å²) in [6.07, 6.45) is 0. The fraction of sp³-hybridized carbons (Fsp3) is 0.0667. The monoisotopic (exact) mass is 425 g/mol. The second-order valence-electron chi connectivity index (χ2n) is 4.80. The van der Waals surface area contributed by atoms with E-state index in [1.165, 1.54) is 4.80 Å². The van der Waals surface area contributed by atoms with Crippen molar-refractivity contribution in [3.63, 3.8) is 0 Å². The molecule has 0 radical (unpaired) electrons. The highest BCUT2D eigenvalue weighted by atomic mass is 79.9. The van der Waals surface area contributed by atoms with Crippen LogP contribution in [-0.4, -0.2) is 26.1 Å². The minimum absolute atomic E-state index is 0.0909. The van der Waals surface area contributed by atoms with Crippen molar-refractivity contribution in [2.24, 2.45) is 0 Å². The van der Waals surface area contributed by atoms with E-state index in [9.17, 15) is 4.79 Å². The Morgan fingerprint density at radius 3 is 2.67 bits per heavy atom. The SMILES string of the molecule is O=C(Cn1nnc(-c2ccc(Br)cc2)n1)Nc1cccc(Cl)c1Cl. The van der Waals surface area contributed by atoms with Crippen molar-refractivity contribution in [3.05, 3.63) is 57.0 Å². The Bertz CT molecular complexity index is 882. The van der Waals surface area contributed by atoms with Crippen molar-refractivity contribution in [2.75, 3.05) is 5.32 Å². The lowest BCUT2D eigenvalue weighted by atomic mass is 10.2. The van der Waals surface area contributed by atoms with E-state index in [0.29, 0.717) is 16.5 Å². The van der Waals surface area contributed by atoms with E-state index >= 15 is 0 Å². The second-order valence-corrected chi connectivity index (χ2v) is 6.50. The predicted molar refractivity (Wildman–Crippen MR) is 96.0 cm³/mol. The van der Waals surface area contributed by atoms with Gasteiger partial charge in [0, 0.05) is 10.0 Å². The molecule has 1 N–H and O–H groups in total. The molecular weight excluding hydrogens is 417 g/mol. The smallest absolute Gasteiger partial charge is 0.248 e. The molecule has 0 saturated carbocycles. The summed E-state index contributed by atoms with van der Waals surface area (Å²) in [6.45, 7) is -0.0909. The molecule has 24 heavy (non-hydrogen) atoms. The van der Waals surface area contributed by atoms with Gasteiger partial charge in [0.2, 0.25) is 11.7 Å². The standard InChI is InChI=1S/C15H10BrCl2N5O/c16-10-6-4-9(5-7-10)15-20-22-23(21-15)8-13(24)19-12-3-1-2-11(17)14(12)18/h1-7H,8H2,(H,19,24). The van der Waals surface area contributed by atoms with Gasteiger partial charge < -0.3 is 5.32 Å². The van der Waals surface area contributed by atoms with Gasteiger partial charge in [-0.25, -0.2) is 0 Å². The molecule has 122 valence electrons. The molecule has 0 unspecified atom stereocenters. The molecule has 1 aromatic heterocycles. The number of nitrogens with one attached hydrogen (secondary N) is 1. The molecule has 2 aromatic carbocycles. The number of hydrogen-bond donors (Lipinski definition) is 1. The van der Waals surface area contributed by atoms with Gasteiger partial charge in [-0.1, -0.05) is 45.2 Å². The summed E-state index contributed by atoms with van der Waals surface area (Å²) in [7, 11) is 0. The zero-order valence-electron chi connectivity index (χ0n) is 12.1. The van der Waals surface area contributed by atoms with Crippen molar-refractivity contribution >= 4 is 50.7 Å². The maximum absolute atomic E-state index is 12.1. The Morgan fingerprint density at radius 2 is 1.92 bits per heavy atom. The van der Waals surface area contributed by atoms with Gasteiger partial charge in [-0.3, -0.25) is 4.79 Å². The molecule has 1 heterocycles. The minimum atomic E-state index is -0.334. The van der Waals surface area contributed by atoms with Gasteiger partial charge in [-0.05, 0) is 41.6 Å². The van der Waals surface area contributed by atoms with Crippen LogP contribution >= 0.6 is 39.1 Å². The number of tetrazole rings is 1. The van der Waals surface area contributed by atoms with Gasteiger partial charge in [0.15, 0.2) is 0 Å². The number of carbonyl (C=O) groups excluding carboxylic acids is 1. The molecule has 9 heteroatoms. The summed E-state index contributed by atoms with van der Waals surface area (Å²) in [5.74, 6) is 0.106. The van der Waals surface area contributed by atoms with Gasteiger partial charge >= 0.3 is 0 Å². The predicted octanol–water partition coefficient (Wildman–Crippen LogP) is 4.05. The third-order valence-electron chi connectivity index (χ3n) is 3.07. The van der Waals surface area contributed by atoms with Crippen molar-refractivity contribution in [1.29, 1.82) is 0 Å². The number of nitrogens with zero attached hydrogens (tertiary/aromatic N) is 4. The highest BCUT2D eigenvalue weighted by Crippen LogP contribution is 2.29. The molecule has 0 aliphatic rings. The number of carbonyl (C=O) groups is 1.